The standard InChI is InChI=1S/C14H20O3/c1-11(2)8-13(15)10-17-9-12-4-6-14(16-3)7-5-12/h4-7,13,15H,1,8-10H2,2-3H3/t13-/m1/s1. The van der Waals surface area contributed by atoms with Crippen molar-refractivity contribution in [3.05, 3.63) is 42.0 Å². The Morgan fingerprint density at radius 3 is 2.53 bits per heavy atom. The monoisotopic (exact) mass is 236 g/mol. The minimum Gasteiger partial charge on any atom is -0.497 e. The molecule has 0 fully saturated rings. The van der Waals surface area contributed by atoms with Gasteiger partial charge in [0, 0.05) is 0 Å². The van der Waals surface area contributed by atoms with Crippen molar-refractivity contribution in [2.75, 3.05) is 13.7 Å². The highest BCUT2D eigenvalue weighted by Gasteiger charge is 2.04. The lowest BCUT2D eigenvalue weighted by Gasteiger charge is -2.11. The summed E-state index contributed by atoms with van der Waals surface area (Å²) in [4.78, 5) is 0. The molecule has 0 aliphatic carbocycles. The number of aliphatic hydroxyl groups is 1. The predicted molar refractivity (Wildman–Crippen MR) is 68.1 cm³/mol. The summed E-state index contributed by atoms with van der Waals surface area (Å²) in [5, 5.41) is 9.57. The number of rotatable bonds is 7. The molecule has 1 aromatic carbocycles. The quantitative estimate of drug-likeness (QED) is 0.739. The summed E-state index contributed by atoms with van der Waals surface area (Å²) in [6.45, 7) is 6.48. The summed E-state index contributed by atoms with van der Waals surface area (Å²) >= 11 is 0. The second-order valence-corrected chi connectivity index (χ2v) is 4.18. The van der Waals surface area contributed by atoms with Crippen LogP contribution in [0.1, 0.15) is 18.9 Å². The molecule has 3 heteroatoms. The molecule has 0 aliphatic heterocycles. The van der Waals surface area contributed by atoms with E-state index in [2.05, 4.69) is 6.58 Å². The fourth-order valence-electron chi connectivity index (χ4n) is 1.50. The molecule has 0 radical (unpaired) electrons. The van der Waals surface area contributed by atoms with Gasteiger partial charge in [0.2, 0.25) is 0 Å². The number of hydrogen-bond acceptors (Lipinski definition) is 3. The van der Waals surface area contributed by atoms with Crippen LogP contribution in [0.5, 0.6) is 5.75 Å². The number of hydrogen-bond donors (Lipinski definition) is 1. The Kier molecular flexibility index (Phi) is 5.73. The van der Waals surface area contributed by atoms with Crippen LogP contribution in [0.4, 0.5) is 0 Å². The lowest BCUT2D eigenvalue weighted by atomic mass is 10.1. The first-order chi connectivity index (χ1) is 8.11. The predicted octanol–water partition coefficient (Wildman–Crippen LogP) is 2.54. The molecule has 0 amide bonds. The smallest absolute Gasteiger partial charge is 0.118 e. The Morgan fingerprint density at radius 2 is 2.00 bits per heavy atom. The van der Waals surface area contributed by atoms with Gasteiger partial charge in [0.1, 0.15) is 5.75 Å². The van der Waals surface area contributed by atoms with Gasteiger partial charge in [-0.25, -0.2) is 0 Å². The average molecular weight is 236 g/mol. The molecule has 0 aliphatic rings. The molecule has 1 N–H and O–H groups in total. The van der Waals surface area contributed by atoms with Gasteiger partial charge in [-0.05, 0) is 31.0 Å². The summed E-state index contributed by atoms with van der Waals surface area (Å²) in [5.41, 5.74) is 2.03. The van der Waals surface area contributed by atoms with Crippen LogP contribution in [0.15, 0.2) is 36.4 Å². The molecule has 0 saturated heterocycles. The third-order valence-electron chi connectivity index (χ3n) is 2.32. The van der Waals surface area contributed by atoms with Gasteiger partial charge >= 0.3 is 0 Å². The number of ether oxygens (including phenoxy) is 2. The largest absolute Gasteiger partial charge is 0.497 e. The van der Waals surface area contributed by atoms with Crippen molar-refractivity contribution in [2.45, 2.75) is 26.1 Å². The molecule has 3 nitrogen and oxygen atoms in total. The van der Waals surface area contributed by atoms with Crippen molar-refractivity contribution in [3.8, 4) is 5.75 Å². The summed E-state index contributed by atoms with van der Waals surface area (Å²) in [7, 11) is 1.64. The summed E-state index contributed by atoms with van der Waals surface area (Å²) in [6, 6.07) is 7.68. The molecule has 0 spiro atoms. The molecule has 1 rings (SSSR count). The molecule has 0 aromatic heterocycles. The van der Waals surface area contributed by atoms with Crippen LogP contribution in [0, 0.1) is 0 Å². The minimum absolute atomic E-state index is 0.332. The van der Waals surface area contributed by atoms with E-state index in [-0.39, 0.29) is 0 Å². The highest BCUT2D eigenvalue weighted by atomic mass is 16.5. The Bertz CT molecular complexity index is 343. The summed E-state index contributed by atoms with van der Waals surface area (Å²) < 4.78 is 10.5. The Morgan fingerprint density at radius 1 is 1.35 bits per heavy atom. The maximum atomic E-state index is 9.57. The Balaban J connectivity index is 2.28. The van der Waals surface area contributed by atoms with E-state index < -0.39 is 6.10 Å². The maximum Gasteiger partial charge on any atom is 0.118 e. The first-order valence-electron chi connectivity index (χ1n) is 5.65. The van der Waals surface area contributed by atoms with E-state index in [1.807, 2.05) is 31.2 Å². The molecule has 1 aromatic rings. The topological polar surface area (TPSA) is 38.7 Å². The third-order valence-corrected chi connectivity index (χ3v) is 2.32. The molecule has 0 heterocycles. The first-order valence-corrected chi connectivity index (χ1v) is 5.65. The van der Waals surface area contributed by atoms with Crippen LogP contribution in [0.3, 0.4) is 0 Å². The van der Waals surface area contributed by atoms with Gasteiger partial charge in [-0.1, -0.05) is 17.7 Å². The van der Waals surface area contributed by atoms with Crippen LogP contribution in [-0.2, 0) is 11.3 Å². The summed E-state index contributed by atoms with van der Waals surface area (Å²) in [5.74, 6) is 0.830. The highest BCUT2D eigenvalue weighted by Crippen LogP contribution is 2.12. The van der Waals surface area contributed by atoms with Crippen molar-refractivity contribution in [3.63, 3.8) is 0 Å². The molecular weight excluding hydrogens is 216 g/mol. The van der Waals surface area contributed by atoms with E-state index in [4.69, 9.17) is 9.47 Å². The van der Waals surface area contributed by atoms with Crippen molar-refractivity contribution in [2.24, 2.45) is 0 Å². The van der Waals surface area contributed by atoms with Crippen molar-refractivity contribution in [1.29, 1.82) is 0 Å². The first kappa shape index (κ1) is 13.7. The van der Waals surface area contributed by atoms with Crippen LogP contribution >= 0.6 is 0 Å². The zero-order valence-corrected chi connectivity index (χ0v) is 10.5. The van der Waals surface area contributed by atoms with Crippen LogP contribution in [0.2, 0.25) is 0 Å². The molecule has 1 atom stereocenters. The van der Waals surface area contributed by atoms with Crippen LogP contribution < -0.4 is 4.74 Å². The number of aliphatic hydroxyl groups excluding tert-OH is 1. The van der Waals surface area contributed by atoms with Gasteiger partial charge in [0.15, 0.2) is 0 Å². The lowest BCUT2D eigenvalue weighted by Crippen LogP contribution is -2.15. The van der Waals surface area contributed by atoms with Gasteiger partial charge in [0.05, 0.1) is 26.4 Å². The number of benzene rings is 1. The van der Waals surface area contributed by atoms with E-state index in [0.29, 0.717) is 19.6 Å². The zero-order chi connectivity index (χ0) is 12.7. The van der Waals surface area contributed by atoms with Gasteiger partial charge in [0.25, 0.3) is 0 Å². The molecule has 0 saturated carbocycles. The van der Waals surface area contributed by atoms with E-state index in [1.165, 1.54) is 0 Å². The molecule has 17 heavy (non-hydrogen) atoms. The van der Waals surface area contributed by atoms with Gasteiger partial charge < -0.3 is 14.6 Å². The third kappa shape index (κ3) is 5.52. The van der Waals surface area contributed by atoms with E-state index >= 15 is 0 Å². The van der Waals surface area contributed by atoms with E-state index in [1.54, 1.807) is 7.11 Å². The Hall–Kier alpha value is -1.32. The maximum absolute atomic E-state index is 9.57. The average Bonchev–Trinajstić information content (AvgIpc) is 2.29. The van der Waals surface area contributed by atoms with E-state index in [0.717, 1.165) is 16.9 Å². The van der Waals surface area contributed by atoms with Crippen molar-refractivity contribution >= 4 is 0 Å². The molecule has 0 bridgehead atoms. The highest BCUT2D eigenvalue weighted by molar-refractivity contribution is 5.26. The van der Waals surface area contributed by atoms with E-state index in [9.17, 15) is 5.11 Å². The zero-order valence-electron chi connectivity index (χ0n) is 10.5. The molecule has 0 unspecified atom stereocenters. The van der Waals surface area contributed by atoms with Crippen LogP contribution in [0.25, 0.3) is 0 Å². The fourth-order valence-corrected chi connectivity index (χ4v) is 1.50. The second-order valence-electron chi connectivity index (χ2n) is 4.18. The van der Waals surface area contributed by atoms with Crippen molar-refractivity contribution in [1.82, 2.24) is 0 Å². The van der Waals surface area contributed by atoms with Gasteiger partial charge in [-0.15, -0.1) is 6.58 Å². The molecular formula is C14H20O3. The van der Waals surface area contributed by atoms with Gasteiger partial charge in [-0.3, -0.25) is 0 Å². The lowest BCUT2D eigenvalue weighted by molar-refractivity contribution is 0.0289. The second kappa shape index (κ2) is 7.09. The SMILES string of the molecule is C=C(C)C[C@@H](O)COCc1ccc(OC)cc1. The molecule has 94 valence electrons. The van der Waals surface area contributed by atoms with Crippen molar-refractivity contribution < 1.29 is 14.6 Å². The normalized spacial score (nSPS) is 12.2. The Labute approximate surface area is 103 Å². The summed E-state index contributed by atoms with van der Waals surface area (Å²) in [6.07, 6.45) is 0.119. The number of methoxy groups -OCH3 is 1. The van der Waals surface area contributed by atoms with Gasteiger partial charge in [-0.2, -0.15) is 0 Å². The minimum atomic E-state index is -0.467. The van der Waals surface area contributed by atoms with Crippen LogP contribution in [-0.4, -0.2) is 24.9 Å². The fraction of sp³-hybridized carbons (Fsp3) is 0.429.